The van der Waals surface area contributed by atoms with Crippen molar-refractivity contribution < 1.29 is 9.18 Å². The van der Waals surface area contributed by atoms with Crippen LogP contribution in [0.3, 0.4) is 0 Å². The van der Waals surface area contributed by atoms with Gasteiger partial charge in [0, 0.05) is 17.3 Å². The summed E-state index contributed by atoms with van der Waals surface area (Å²) < 4.78 is 12.8. The Morgan fingerprint density at radius 1 is 1.33 bits per heavy atom. The van der Waals surface area contributed by atoms with E-state index in [0.717, 1.165) is 15.8 Å². The highest BCUT2D eigenvalue weighted by molar-refractivity contribution is 7.21. The maximum Gasteiger partial charge on any atom is 0.267 e. The van der Waals surface area contributed by atoms with Crippen LogP contribution in [0.5, 0.6) is 0 Å². The van der Waals surface area contributed by atoms with Crippen molar-refractivity contribution in [2.45, 2.75) is 6.92 Å². The van der Waals surface area contributed by atoms with E-state index in [1.54, 1.807) is 6.20 Å². The molecule has 0 saturated heterocycles. The average Bonchev–Trinajstić information content (AvgIpc) is 2.79. The van der Waals surface area contributed by atoms with Crippen molar-refractivity contribution in [3.63, 3.8) is 0 Å². The third-order valence-corrected chi connectivity index (χ3v) is 4.16. The Hall–Kier alpha value is -2.47. The van der Waals surface area contributed by atoms with Crippen LogP contribution < -0.4 is 11.1 Å². The van der Waals surface area contributed by atoms with Gasteiger partial charge in [-0.1, -0.05) is 0 Å². The highest BCUT2D eigenvalue weighted by atomic mass is 32.1. The number of halogens is 1. The summed E-state index contributed by atoms with van der Waals surface area (Å²) in [6, 6.07) is 7.48. The molecule has 2 heterocycles. The van der Waals surface area contributed by atoms with E-state index in [0.29, 0.717) is 16.3 Å². The number of hydrogen-bond donors (Lipinski definition) is 2. The van der Waals surface area contributed by atoms with E-state index in [9.17, 15) is 9.18 Å². The van der Waals surface area contributed by atoms with Gasteiger partial charge in [0.2, 0.25) is 0 Å². The first-order chi connectivity index (χ1) is 10.0. The molecule has 3 rings (SSSR count). The number of fused-ring (bicyclic) bond motifs is 1. The molecule has 1 amide bonds. The summed E-state index contributed by atoms with van der Waals surface area (Å²) in [5.41, 5.74) is 7.96. The van der Waals surface area contributed by atoms with Crippen molar-refractivity contribution in [2.24, 2.45) is 0 Å². The van der Waals surface area contributed by atoms with Gasteiger partial charge in [-0.3, -0.25) is 4.79 Å². The Bertz CT molecular complexity index is 827. The number of nitrogens with one attached hydrogen (secondary N) is 1. The lowest BCUT2D eigenvalue weighted by Crippen LogP contribution is -2.11. The molecule has 6 heteroatoms. The molecule has 1 aromatic carbocycles. The Morgan fingerprint density at radius 2 is 2.05 bits per heavy atom. The smallest absolute Gasteiger partial charge is 0.267 e. The summed E-state index contributed by atoms with van der Waals surface area (Å²) in [5, 5.41) is 3.48. The standard InChI is InChI=1S/C15H12FN3OS/c1-8-6-11-12(17)13(21-15(11)18-7-8)14(20)19-10-4-2-9(16)3-5-10/h2-7H,17H2,1H3,(H,19,20). The minimum Gasteiger partial charge on any atom is -0.397 e. The van der Waals surface area contributed by atoms with Crippen LogP contribution in [-0.2, 0) is 0 Å². The predicted octanol–water partition coefficient (Wildman–Crippen LogP) is 3.58. The molecule has 4 nitrogen and oxygen atoms in total. The minimum atomic E-state index is -0.353. The molecule has 0 aliphatic heterocycles. The van der Waals surface area contributed by atoms with Crippen molar-refractivity contribution in [2.75, 3.05) is 11.1 Å². The first kappa shape index (κ1) is 13.5. The third-order valence-electron chi connectivity index (χ3n) is 3.03. The Labute approximate surface area is 124 Å². The summed E-state index contributed by atoms with van der Waals surface area (Å²) in [4.78, 5) is 17.7. The van der Waals surface area contributed by atoms with Crippen LogP contribution in [0.4, 0.5) is 15.8 Å². The molecule has 3 N–H and O–H groups in total. The van der Waals surface area contributed by atoms with Crippen molar-refractivity contribution in [1.29, 1.82) is 0 Å². The molecular weight excluding hydrogens is 289 g/mol. The van der Waals surface area contributed by atoms with Gasteiger partial charge in [0.25, 0.3) is 5.91 Å². The van der Waals surface area contributed by atoms with Crippen LogP contribution in [0.2, 0.25) is 0 Å². The van der Waals surface area contributed by atoms with Gasteiger partial charge in [-0.15, -0.1) is 11.3 Å². The van der Waals surface area contributed by atoms with Crippen molar-refractivity contribution >= 4 is 38.8 Å². The monoisotopic (exact) mass is 301 g/mol. The van der Waals surface area contributed by atoms with E-state index in [2.05, 4.69) is 10.3 Å². The molecule has 0 unspecified atom stereocenters. The molecule has 0 aliphatic carbocycles. The van der Waals surface area contributed by atoms with Gasteiger partial charge in [0.05, 0.1) is 5.69 Å². The number of thiophene rings is 1. The molecule has 106 valence electrons. The van der Waals surface area contributed by atoms with Crippen LogP contribution in [0.1, 0.15) is 15.2 Å². The predicted molar refractivity (Wildman–Crippen MR) is 83.1 cm³/mol. The van der Waals surface area contributed by atoms with Gasteiger partial charge in [0.1, 0.15) is 15.5 Å². The van der Waals surface area contributed by atoms with Crippen LogP contribution in [0.15, 0.2) is 36.5 Å². The molecule has 0 saturated carbocycles. The number of nitrogen functional groups attached to an aromatic ring is 1. The Morgan fingerprint density at radius 3 is 2.76 bits per heavy atom. The van der Waals surface area contributed by atoms with Crippen LogP contribution in [0, 0.1) is 12.7 Å². The summed E-state index contributed by atoms with van der Waals surface area (Å²) in [6.45, 7) is 1.92. The van der Waals surface area contributed by atoms with Crippen molar-refractivity contribution in [1.82, 2.24) is 4.98 Å². The summed E-state index contributed by atoms with van der Waals surface area (Å²) in [5.74, 6) is -0.672. The molecule has 0 fully saturated rings. The summed E-state index contributed by atoms with van der Waals surface area (Å²) >= 11 is 1.24. The molecule has 0 aliphatic rings. The van der Waals surface area contributed by atoms with Crippen molar-refractivity contribution in [3.05, 3.63) is 52.8 Å². The number of carbonyl (C=O) groups excluding carboxylic acids is 1. The zero-order chi connectivity index (χ0) is 15.0. The molecule has 21 heavy (non-hydrogen) atoms. The highest BCUT2D eigenvalue weighted by Gasteiger charge is 2.17. The highest BCUT2D eigenvalue weighted by Crippen LogP contribution is 2.33. The zero-order valence-corrected chi connectivity index (χ0v) is 12.0. The molecule has 2 aromatic heterocycles. The third kappa shape index (κ3) is 2.57. The van der Waals surface area contributed by atoms with Gasteiger partial charge in [-0.05, 0) is 42.8 Å². The lowest BCUT2D eigenvalue weighted by molar-refractivity contribution is 0.103. The quantitative estimate of drug-likeness (QED) is 0.760. The van der Waals surface area contributed by atoms with E-state index in [1.807, 2.05) is 13.0 Å². The number of carbonyl (C=O) groups is 1. The van der Waals surface area contributed by atoms with E-state index < -0.39 is 0 Å². The largest absolute Gasteiger partial charge is 0.397 e. The maximum absolute atomic E-state index is 12.8. The fourth-order valence-corrected chi connectivity index (χ4v) is 2.94. The Kier molecular flexibility index (Phi) is 3.31. The van der Waals surface area contributed by atoms with E-state index in [-0.39, 0.29) is 11.7 Å². The molecule has 3 aromatic rings. The number of rotatable bonds is 2. The van der Waals surface area contributed by atoms with E-state index in [1.165, 1.54) is 35.6 Å². The second-order valence-electron chi connectivity index (χ2n) is 4.67. The lowest BCUT2D eigenvalue weighted by atomic mass is 10.2. The second-order valence-corrected chi connectivity index (χ2v) is 5.67. The number of hydrogen-bond acceptors (Lipinski definition) is 4. The number of aryl methyl sites for hydroxylation is 1. The number of amides is 1. The van der Waals surface area contributed by atoms with Gasteiger partial charge in [0.15, 0.2) is 0 Å². The zero-order valence-electron chi connectivity index (χ0n) is 11.2. The van der Waals surface area contributed by atoms with Gasteiger partial charge < -0.3 is 11.1 Å². The molecule has 0 atom stereocenters. The number of aromatic nitrogens is 1. The Balaban J connectivity index is 1.94. The van der Waals surface area contributed by atoms with Gasteiger partial charge in [-0.2, -0.15) is 0 Å². The number of pyridine rings is 1. The molecule has 0 bridgehead atoms. The minimum absolute atomic E-state index is 0.320. The number of nitrogens with two attached hydrogens (primary N) is 1. The number of benzene rings is 1. The normalized spacial score (nSPS) is 10.8. The van der Waals surface area contributed by atoms with Crippen LogP contribution in [0.25, 0.3) is 10.2 Å². The first-order valence-corrected chi connectivity index (χ1v) is 7.08. The first-order valence-electron chi connectivity index (χ1n) is 6.26. The van der Waals surface area contributed by atoms with E-state index in [4.69, 9.17) is 5.73 Å². The number of nitrogens with zero attached hydrogens (tertiary/aromatic N) is 1. The number of anilines is 2. The topological polar surface area (TPSA) is 68.0 Å². The molecule has 0 radical (unpaired) electrons. The SMILES string of the molecule is Cc1cnc2sc(C(=O)Nc3ccc(F)cc3)c(N)c2c1. The summed E-state index contributed by atoms with van der Waals surface area (Å²) in [6.07, 6.45) is 1.74. The fourth-order valence-electron chi connectivity index (χ4n) is 1.99. The summed E-state index contributed by atoms with van der Waals surface area (Å²) in [7, 11) is 0. The van der Waals surface area contributed by atoms with Crippen LogP contribution in [-0.4, -0.2) is 10.9 Å². The molecule has 0 spiro atoms. The average molecular weight is 301 g/mol. The maximum atomic E-state index is 12.8. The molecular formula is C15H12FN3OS. The van der Waals surface area contributed by atoms with Crippen molar-refractivity contribution in [3.8, 4) is 0 Å². The van der Waals surface area contributed by atoms with Crippen LogP contribution >= 0.6 is 11.3 Å². The second kappa shape index (κ2) is 5.14. The lowest BCUT2D eigenvalue weighted by Gasteiger charge is -2.04. The van der Waals surface area contributed by atoms with Gasteiger partial charge >= 0.3 is 0 Å². The fraction of sp³-hybridized carbons (Fsp3) is 0.0667. The van der Waals surface area contributed by atoms with E-state index >= 15 is 0 Å². The van der Waals surface area contributed by atoms with Gasteiger partial charge in [-0.25, -0.2) is 9.37 Å².